The van der Waals surface area contributed by atoms with Crippen LogP contribution >= 0.6 is 15.9 Å². The summed E-state index contributed by atoms with van der Waals surface area (Å²) in [5, 5.41) is 4.18. The van der Waals surface area contributed by atoms with Crippen molar-refractivity contribution in [2.24, 2.45) is 0 Å². The van der Waals surface area contributed by atoms with Crippen LogP contribution in [-0.4, -0.2) is 34.3 Å². The number of nitrogens with zero attached hydrogens (tertiary/aromatic N) is 3. The molecule has 0 atom stereocenters. The highest BCUT2D eigenvalue weighted by molar-refractivity contribution is 9.10. The molecule has 5 nitrogen and oxygen atoms in total. The van der Waals surface area contributed by atoms with Gasteiger partial charge in [0.05, 0.1) is 23.8 Å². The Morgan fingerprint density at radius 3 is 3.00 bits per heavy atom. The number of aromatic nitrogens is 3. The van der Waals surface area contributed by atoms with Crippen molar-refractivity contribution < 1.29 is 9.53 Å². The predicted molar refractivity (Wildman–Crippen MR) is 74.2 cm³/mol. The Morgan fingerprint density at radius 1 is 1.53 bits per heavy atom. The van der Waals surface area contributed by atoms with Crippen LogP contribution in [-0.2, 0) is 11.3 Å². The van der Waals surface area contributed by atoms with E-state index in [0.717, 1.165) is 0 Å². The summed E-state index contributed by atoms with van der Waals surface area (Å²) in [7, 11) is 1.62. The van der Waals surface area contributed by atoms with Gasteiger partial charge in [-0.1, -0.05) is 0 Å². The van der Waals surface area contributed by atoms with E-state index in [1.807, 2.05) is 6.92 Å². The van der Waals surface area contributed by atoms with E-state index >= 15 is 0 Å². The maximum Gasteiger partial charge on any atom is 0.214 e. The van der Waals surface area contributed by atoms with E-state index < -0.39 is 0 Å². The zero-order chi connectivity index (χ0) is 13.8. The van der Waals surface area contributed by atoms with Crippen LogP contribution in [0, 0.1) is 6.92 Å². The Hall–Kier alpha value is -1.53. The molecule has 0 aliphatic rings. The van der Waals surface area contributed by atoms with Crippen LogP contribution in [0.4, 0.5) is 0 Å². The van der Waals surface area contributed by atoms with Gasteiger partial charge in [-0.3, -0.25) is 14.5 Å². The maximum absolute atomic E-state index is 12.6. The Bertz CT molecular complexity index is 595. The molecule has 2 rings (SSSR count). The molecule has 0 aliphatic heterocycles. The van der Waals surface area contributed by atoms with E-state index in [2.05, 4.69) is 26.0 Å². The molecular weight excluding hydrogens is 310 g/mol. The molecule has 19 heavy (non-hydrogen) atoms. The van der Waals surface area contributed by atoms with E-state index in [9.17, 15) is 4.79 Å². The van der Waals surface area contributed by atoms with Crippen molar-refractivity contribution >= 4 is 21.7 Å². The largest absolute Gasteiger partial charge is 0.383 e. The minimum Gasteiger partial charge on any atom is -0.383 e. The molecule has 0 fully saturated rings. The van der Waals surface area contributed by atoms with Crippen molar-refractivity contribution in [2.75, 3.05) is 13.7 Å². The summed E-state index contributed by atoms with van der Waals surface area (Å²) in [5.41, 5.74) is 1.81. The predicted octanol–water partition coefficient (Wildman–Crippen LogP) is 2.23. The van der Waals surface area contributed by atoms with Gasteiger partial charge in [0.1, 0.15) is 5.69 Å². The second-order valence-corrected chi connectivity index (χ2v) is 4.88. The van der Waals surface area contributed by atoms with Gasteiger partial charge in [0.25, 0.3) is 0 Å². The van der Waals surface area contributed by atoms with E-state index in [4.69, 9.17) is 4.74 Å². The van der Waals surface area contributed by atoms with Crippen molar-refractivity contribution in [2.45, 2.75) is 13.5 Å². The van der Waals surface area contributed by atoms with Gasteiger partial charge in [0.15, 0.2) is 0 Å². The lowest BCUT2D eigenvalue weighted by Gasteiger charge is -2.08. The molecule has 2 aromatic rings. The van der Waals surface area contributed by atoms with Crippen molar-refractivity contribution in [1.29, 1.82) is 0 Å². The summed E-state index contributed by atoms with van der Waals surface area (Å²) in [6, 6.07) is 3.52. The van der Waals surface area contributed by atoms with Crippen molar-refractivity contribution in [3.63, 3.8) is 0 Å². The molecule has 2 aromatic heterocycles. The maximum atomic E-state index is 12.6. The van der Waals surface area contributed by atoms with Crippen molar-refractivity contribution in [3.05, 3.63) is 46.0 Å². The fourth-order valence-corrected chi connectivity index (χ4v) is 2.26. The van der Waals surface area contributed by atoms with Gasteiger partial charge in [-0.05, 0) is 35.0 Å². The first kappa shape index (κ1) is 13.9. The first-order chi connectivity index (χ1) is 9.15. The molecule has 2 heterocycles. The molecule has 6 heteroatoms. The van der Waals surface area contributed by atoms with E-state index in [0.29, 0.717) is 34.6 Å². The fourth-order valence-electron chi connectivity index (χ4n) is 1.79. The number of carbonyl (C=O) groups excluding carboxylic acids is 1. The molecular formula is C13H14BrN3O2. The molecule has 0 aromatic carbocycles. The van der Waals surface area contributed by atoms with Crippen LogP contribution in [0.1, 0.15) is 21.7 Å². The lowest BCUT2D eigenvalue weighted by Crippen LogP contribution is -2.15. The van der Waals surface area contributed by atoms with E-state index in [1.165, 1.54) is 0 Å². The molecule has 0 amide bonds. The second kappa shape index (κ2) is 6.08. The Balaban J connectivity index is 2.39. The molecule has 100 valence electrons. The molecule has 0 unspecified atom stereocenters. The van der Waals surface area contributed by atoms with Gasteiger partial charge in [0, 0.05) is 24.6 Å². The highest BCUT2D eigenvalue weighted by Gasteiger charge is 2.20. The standard InChI is InChI=1S/C13H14BrN3O2/c1-9-10(4-3-5-15-9)13(18)12-11(14)8-16-17(12)6-7-19-2/h3-5,8H,6-7H2,1-2H3. The molecule has 0 bridgehead atoms. The molecule has 0 spiro atoms. The van der Waals surface area contributed by atoms with Crippen LogP contribution in [0.3, 0.4) is 0 Å². The number of halogens is 1. The van der Waals surface area contributed by atoms with Gasteiger partial charge >= 0.3 is 0 Å². The van der Waals surface area contributed by atoms with Gasteiger partial charge in [0.2, 0.25) is 5.78 Å². The number of hydrogen-bond acceptors (Lipinski definition) is 4. The van der Waals surface area contributed by atoms with Gasteiger partial charge in [-0.2, -0.15) is 5.10 Å². The molecule has 0 radical (unpaired) electrons. The van der Waals surface area contributed by atoms with Crippen molar-refractivity contribution in [1.82, 2.24) is 14.8 Å². The Morgan fingerprint density at radius 2 is 2.32 bits per heavy atom. The smallest absolute Gasteiger partial charge is 0.214 e. The first-order valence-corrected chi connectivity index (χ1v) is 6.61. The SMILES string of the molecule is COCCn1ncc(Br)c1C(=O)c1cccnc1C. The normalized spacial score (nSPS) is 10.7. The molecule has 0 saturated carbocycles. The third-order valence-electron chi connectivity index (χ3n) is 2.77. The van der Waals surface area contributed by atoms with Crippen LogP contribution in [0.25, 0.3) is 0 Å². The number of ketones is 1. The third kappa shape index (κ3) is 2.90. The molecule has 0 N–H and O–H groups in total. The van der Waals surface area contributed by atoms with Crippen LogP contribution in [0.15, 0.2) is 29.0 Å². The van der Waals surface area contributed by atoms with Crippen LogP contribution in [0.5, 0.6) is 0 Å². The average Bonchev–Trinajstić information content (AvgIpc) is 2.77. The lowest BCUT2D eigenvalue weighted by atomic mass is 10.1. The number of pyridine rings is 1. The monoisotopic (exact) mass is 323 g/mol. The number of aryl methyl sites for hydroxylation is 1. The summed E-state index contributed by atoms with van der Waals surface area (Å²) in [6.45, 7) is 2.85. The minimum absolute atomic E-state index is 0.0916. The number of rotatable bonds is 5. The van der Waals surface area contributed by atoms with Crippen LogP contribution < -0.4 is 0 Å². The highest BCUT2D eigenvalue weighted by Crippen LogP contribution is 2.20. The summed E-state index contributed by atoms with van der Waals surface area (Å²) in [5.74, 6) is -0.0916. The minimum atomic E-state index is -0.0916. The summed E-state index contributed by atoms with van der Waals surface area (Å²) >= 11 is 3.37. The van der Waals surface area contributed by atoms with Gasteiger partial charge in [-0.25, -0.2) is 0 Å². The van der Waals surface area contributed by atoms with Gasteiger partial charge in [-0.15, -0.1) is 0 Å². The van der Waals surface area contributed by atoms with Crippen LogP contribution in [0.2, 0.25) is 0 Å². The number of carbonyl (C=O) groups is 1. The third-order valence-corrected chi connectivity index (χ3v) is 3.35. The zero-order valence-corrected chi connectivity index (χ0v) is 12.3. The second-order valence-electron chi connectivity index (χ2n) is 4.02. The molecule has 0 aliphatic carbocycles. The van der Waals surface area contributed by atoms with Gasteiger partial charge < -0.3 is 4.74 Å². The quantitative estimate of drug-likeness (QED) is 0.792. The van der Waals surface area contributed by atoms with E-state index in [1.54, 1.807) is 36.3 Å². The zero-order valence-electron chi connectivity index (χ0n) is 10.8. The Kier molecular flexibility index (Phi) is 4.44. The number of methoxy groups -OCH3 is 1. The molecule has 0 saturated heterocycles. The lowest BCUT2D eigenvalue weighted by molar-refractivity contribution is 0.102. The van der Waals surface area contributed by atoms with Crippen molar-refractivity contribution in [3.8, 4) is 0 Å². The number of ether oxygens (including phenoxy) is 1. The highest BCUT2D eigenvalue weighted by atomic mass is 79.9. The first-order valence-electron chi connectivity index (χ1n) is 5.81. The fraction of sp³-hybridized carbons (Fsp3) is 0.308. The summed E-state index contributed by atoms with van der Waals surface area (Å²) < 4.78 is 7.34. The Labute approximate surface area is 119 Å². The summed E-state index contributed by atoms with van der Waals surface area (Å²) in [6.07, 6.45) is 3.29. The van der Waals surface area contributed by atoms with E-state index in [-0.39, 0.29) is 5.78 Å². The topological polar surface area (TPSA) is 57.0 Å². The summed E-state index contributed by atoms with van der Waals surface area (Å²) in [4.78, 5) is 16.7. The average molecular weight is 324 g/mol. The number of hydrogen-bond donors (Lipinski definition) is 0.